The van der Waals surface area contributed by atoms with Gasteiger partial charge in [0.1, 0.15) is 5.82 Å². The van der Waals surface area contributed by atoms with Crippen molar-refractivity contribution < 1.29 is 4.79 Å². The molecule has 1 amide bonds. The van der Waals surface area contributed by atoms with Crippen LogP contribution in [0.25, 0.3) is 11.0 Å². The van der Waals surface area contributed by atoms with Crippen LogP contribution in [0.2, 0.25) is 0 Å². The molecule has 152 valence electrons. The summed E-state index contributed by atoms with van der Waals surface area (Å²) in [5.74, 6) is 1.16. The van der Waals surface area contributed by atoms with Crippen LogP contribution < -0.4 is 5.32 Å². The first-order valence-electron chi connectivity index (χ1n) is 10.9. The van der Waals surface area contributed by atoms with Gasteiger partial charge in [0.2, 0.25) is 0 Å². The number of amides is 1. The zero-order chi connectivity index (χ0) is 20.0. The SMILES string of the molecule is CCCn1ncc2c(C(=O)Nc3cc(C)nn3C3CCCC3)cc(C3CC3)nc21. The Morgan fingerprint density at radius 3 is 2.72 bits per heavy atom. The van der Waals surface area contributed by atoms with E-state index in [1.807, 2.05) is 28.4 Å². The Morgan fingerprint density at radius 2 is 2.00 bits per heavy atom. The van der Waals surface area contributed by atoms with Gasteiger partial charge in [-0.05, 0) is 45.1 Å². The summed E-state index contributed by atoms with van der Waals surface area (Å²) in [6.45, 7) is 4.91. The standard InChI is InChI=1S/C22H28N6O/c1-3-10-27-21-18(13-23-27)17(12-19(24-21)15-8-9-15)22(29)25-20-11-14(2)26-28(20)16-6-4-5-7-16/h11-13,15-16H,3-10H2,1-2H3,(H,25,29). The van der Waals surface area contributed by atoms with Crippen molar-refractivity contribution in [2.75, 3.05) is 5.32 Å². The normalized spacial score (nSPS) is 17.3. The molecular formula is C22H28N6O. The summed E-state index contributed by atoms with van der Waals surface area (Å²) in [4.78, 5) is 18.2. The fraction of sp³-hybridized carbons (Fsp3) is 0.545. The molecule has 3 aromatic heterocycles. The molecule has 3 heterocycles. The number of fused-ring (bicyclic) bond motifs is 1. The van der Waals surface area contributed by atoms with Gasteiger partial charge in [0.05, 0.1) is 28.9 Å². The maximum absolute atomic E-state index is 13.3. The van der Waals surface area contributed by atoms with Crippen LogP contribution in [0.1, 0.15) is 85.6 Å². The number of hydrogen-bond donors (Lipinski definition) is 1. The molecule has 7 heteroatoms. The number of rotatable bonds is 6. The predicted octanol–water partition coefficient (Wildman–Crippen LogP) is 4.59. The minimum Gasteiger partial charge on any atom is -0.307 e. The zero-order valence-corrected chi connectivity index (χ0v) is 17.2. The van der Waals surface area contributed by atoms with E-state index in [2.05, 4.69) is 22.4 Å². The van der Waals surface area contributed by atoms with E-state index in [1.54, 1.807) is 6.20 Å². The number of anilines is 1. The van der Waals surface area contributed by atoms with Crippen LogP contribution in [0, 0.1) is 6.92 Å². The molecule has 0 bridgehead atoms. The summed E-state index contributed by atoms with van der Waals surface area (Å²) >= 11 is 0. The Kier molecular flexibility index (Phi) is 4.60. The van der Waals surface area contributed by atoms with Gasteiger partial charge in [-0.3, -0.25) is 4.79 Å². The number of aromatic nitrogens is 5. The Morgan fingerprint density at radius 1 is 1.21 bits per heavy atom. The third-order valence-electron chi connectivity index (χ3n) is 6.07. The molecule has 2 aliphatic rings. The predicted molar refractivity (Wildman–Crippen MR) is 112 cm³/mol. The fourth-order valence-electron chi connectivity index (χ4n) is 4.44. The van der Waals surface area contributed by atoms with Gasteiger partial charge in [-0.15, -0.1) is 0 Å². The van der Waals surface area contributed by atoms with Crippen molar-refractivity contribution in [1.82, 2.24) is 24.5 Å². The van der Waals surface area contributed by atoms with E-state index in [1.165, 1.54) is 12.8 Å². The van der Waals surface area contributed by atoms with Gasteiger partial charge >= 0.3 is 0 Å². The summed E-state index contributed by atoms with van der Waals surface area (Å²) in [5.41, 5.74) is 3.43. The number of nitrogens with zero attached hydrogens (tertiary/aromatic N) is 5. The molecule has 0 aliphatic heterocycles. The zero-order valence-electron chi connectivity index (χ0n) is 17.2. The maximum atomic E-state index is 13.3. The summed E-state index contributed by atoms with van der Waals surface area (Å²) in [6.07, 6.45) is 9.76. The Balaban J connectivity index is 1.51. The molecule has 2 saturated carbocycles. The lowest BCUT2D eigenvalue weighted by Gasteiger charge is -2.15. The molecule has 5 rings (SSSR count). The number of carbonyl (C=O) groups is 1. The second-order valence-corrected chi connectivity index (χ2v) is 8.48. The lowest BCUT2D eigenvalue weighted by atomic mass is 10.1. The van der Waals surface area contributed by atoms with Crippen molar-refractivity contribution in [3.63, 3.8) is 0 Å². The molecular weight excluding hydrogens is 364 g/mol. The Hall–Kier alpha value is -2.70. The van der Waals surface area contributed by atoms with Gasteiger partial charge in [-0.25, -0.2) is 14.3 Å². The van der Waals surface area contributed by atoms with Crippen LogP contribution in [0.3, 0.4) is 0 Å². The molecule has 3 aromatic rings. The average molecular weight is 393 g/mol. The van der Waals surface area contributed by atoms with Crippen LogP contribution >= 0.6 is 0 Å². The highest BCUT2D eigenvalue weighted by molar-refractivity contribution is 6.11. The monoisotopic (exact) mass is 392 g/mol. The van der Waals surface area contributed by atoms with E-state index >= 15 is 0 Å². The molecule has 0 spiro atoms. The van der Waals surface area contributed by atoms with Crippen LogP contribution in [0.15, 0.2) is 18.3 Å². The molecule has 0 radical (unpaired) electrons. The first-order valence-corrected chi connectivity index (χ1v) is 10.9. The van der Waals surface area contributed by atoms with Crippen LogP contribution in [0.4, 0.5) is 5.82 Å². The van der Waals surface area contributed by atoms with Gasteiger partial charge in [-0.1, -0.05) is 19.8 Å². The van der Waals surface area contributed by atoms with Gasteiger partial charge in [0.25, 0.3) is 5.91 Å². The summed E-state index contributed by atoms with van der Waals surface area (Å²) in [5, 5.41) is 13.1. The topological polar surface area (TPSA) is 77.6 Å². The van der Waals surface area contributed by atoms with E-state index in [9.17, 15) is 4.79 Å². The molecule has 0 saturated heterocycles. The summed E-state index contributed by atoms with van der Waals surface area (Å²) in [7, 11) is 0. The van der Waals surface area contributed by atoms with Gasteiger partial charge < -0.3 is 5.32 Å². The minimum atomic E-state index is -0.102. The molecule has 0 aromatic carbocycles. The summed E-state index contributed by atoms with van der Waals surface area (Å²) < 4.78 is 3.94. The van der Waals surface area contributed by atoms with Crippen LogP contribution in [0.5, 0.6) is 0 Å². The highest BCUT2D eigenvalue weighted by atomic mass is 16.1. The molecule has 2 aliphatic carbocycles. The maximum Gasteiger partial charge on any atom is 0.257 e. The smallest absolute Gasteiger partial charge is 0.257 e. The quantitative estimate of drug-likeness (QED) is 0.665. The first-order chi connectivity index (χ1) is 14.1. The van der Waals surface area contributed by atoms with Crippen molar-refractivity contribution in [2.24, 2.45) is 0 Å². The molecule has 2 fully saturated rings. The third kappa shape index (κ3) is 3.43. The Bertz CT molecular complexity index is 1050. The van der Waals surface area contributed by atoms with E-state index in [-0.39, 0.29) is 5.91 Å². The molecule has 1 N–H and O–H groups in total. The number of pyridine rings is 1. The Labute approximate surface area is 170 Å². The van der Waals surface area contributed by atoms with Crippen molar-refractivity contribution in [1.29, 1.82) is 0 Å². The lowest BCUT2D eigenvalue weighted by molar-refractivity contribution is 0.102. The lowest BCUT2D eigenvalue weighted by Crippen LogP contribution is -2.18. The van der Waals surface area contributed by atoms with E-state index in [4.69, 9.17) is 4.98 Å². The number of aryl methyl sites for hydroxylation is 2. The van der Waals surface area contributed by atoms with E-state index < -0.39 is 0 Å². The second-order valence-electron chi connectivity index (χ2n) is 8.48. The van der Waals surface area contributed by atoms with Gasteiger partial charge in [0, 0.05) is 24.2 Å². The average Bonchev–Trinajstić information content (AvgIpc) is 3.09. The largest absolute Gasteiger partial charge is 0.307 e. The molecule has 0 atom stereocenters. The van der Waals surface area contributed by atoms with Crippen LogP contribution in [-0.4, -0.2) is 30.5 Å². The highest BCUT2D eigenvalue weighted by Gasteiger charge is 2.28. The number of hydrogen-bond acceptors (Lipinski definition) is 4. The van der Waals surface area contributed by atoms with Gasteiger partial charge in [-0.2, -0.15) is 10.2 Å². The van der Waals surface area contributed by atoms with Crippen LogP contribution in [-0.2, 0) is 6.54 Å². The molecule has 29 heavy (non-hydrogen) atoms. The summed E-state index contributed by atoms with van der Waals surface area (Å²) in [6, 6.07) is 4.32. The van der Waals surface area contributed by atoms with Crippen molar-refractivity contribution in [3.8, 4) is 0 Å². The molecule has 7 nitrogen and oxygen atoms in total. The van der Waals surface area contributed by atoms with E-state index in [0.29, 0.717) is 17.5 Å². The van der Waals surface area contributed by atoms with Crippen molar-refractivity contribution >= 4 is 22.8 Å². The third-order valence-corrected chi connectivity index (χ3v) is 6.07. The van der Waals surface area contributed by atoms with Crippen molar-refractivity contribution in [2.45, 2.75) is 77.3 Å². The number of carbonyl (C=O) groups excluding carboxylic acids is 1. The minimum absolute atomic E-state index is 0.102. The molecule has 0 unspecified atom stereocenters. The highest BCUT2D eigenvalue weighted by Crippen LogP contribution is 2.40. The van der Waals surface area contributed by atoms with E-state index in [0.717, 1.165) is 66.9 Å². The second kappa shape index (κ2) is 7.28. The fourth-order valence-corrected chi connectivity index (χ4v) is 4.44. The van der Waals surface area contributed by atoms with Crippen molar-refractivity contribution in [3.05, 3.63) is 35.3 Å². The number of nitrogens with one attached hydrogen (secondary N) is 1. The van der Waals surface area contributed by atoms with Gasteiger partial charge in [0.15, 0.2) is 5.65 Å². The first kappa shape index (κ1) is 18.3.